The van der Waals surface area contributed by atoms with Crippen molar-refractivity contribution in [2.24, 2.45) is 0 Å². The van der Waals surface area contributed by atoms with Crippen LogP contribution in [0.1, 0.15) is 4.88 Å². The van der Waals surface area contributed by atoms with E-state index in [1.54, 1.807) is 11.3 Å². The van der Waals surface area contributed by atoms with E-state index in [2.05, 4.69) is 5.32 Å². The number of benzene rings is 1. The van der Waals surface area contributed by atoms with Crippen molar-refractivity contribution >= 4 is 17.0 Å². The number of anilines is 1. The monoisotopic (exact) mass is 248 g/mol. The van der Waals surface area contributed by atoms with Crippen LogP contribution in [0.5, 0.6) is 5.75 Å². The van der Waals surface area contributed by atoms with Gasteiger partial charge in [-0.25, -0.2) is 0 Å². The average molecular weight is 248 g/mol. The summed E-state index contributed by atoms with van der Waals surface area (Å²) in [4.78, 5) is 1.18. The summed E-state index contributed by atoms with van der Waals surface area (Å²) in [5.41, 5.74) is 6.65. The predicted octanol–water partition coefficient (Wildman–Crippen LogP) is 2.50. The molecule has 1 heterocycles. The lowest BCUT2D eigenvalue weighted by atomic mass is 10.3. The predicted molar refractivity (Wildman–Crippen MR) is 72.4 cm³/mol. The molecule has 0 radical (unpaired) electrons. The SMILES string of the molecule is Nc1ccsc1CNCCOc1ccccc1. The fourth-order valence-electron chi connectivity index (χ4n) is 1.45. The van der Waals surface area contributed by atoms with Crippen molar-refractivity contribution in [1.82, 2.24) is 5.32 Å². The van der Waals surface area contributed by atoms with Crippen molar-refractivity contribution in [3.63, 3.8) is 0 Å². The molecule has 3 nitrogen and oxygen atoms in total. The lowest BCUT2D eigenvalue weighted by Gasteiger charge is -2.07. The van der Waals surface area contributed by atoms with Gasteiger partial charge in [-0.05, 0) is 23.6 Å². The number of nitrogens with one attached hydrogen (secondary N) is 1. The van der Waals surface area contributed by atoms with Crippen LogP contribution in [0.4, 0.5) is 5.69 Å². The van der Waals surface area contributed by atoms with E-state index in [1.165, 1.54) is 4.88 Å². The average Bonchev–Trinajstić information content (AvgIpc) is 2.76. The van der Waals surface area contributed by atoms with Crippen molar-refractivity contribution in [3.05, 3.63) is 46.7 Å². The Morgan fingerprint density at radius 1 is 1.18 bits per heavy atom. The van der Waals surface area contributed by atoms with Gasteiger partial charge in [-0.15, -0.1) is 11.3 Å². The minimum Gasteiger partial charge on any atom is -0.492 e. The van der Waals surface area contributed by atoms with Gasteiger partial charge in [0.25, 0.3) is 0 Å². The van der Waals surface area contributed by atoms with Gasteiger partial charge in [0.15, 0.2) is 0 Å². The third-order valence-electron chi connectivity index (χ3n) is 2.36. The quantitative estimate of drug-likeness (QED) is 0.772. The molecule has 2 aromatic rings. The first-order chi connectivity index (χ1) is 8.36. The molecule has 0 saturated carbocycles. The van der Waals surface area contributed by atoms with E-state index in [9.17, 15) is 0 Å². The third-order valence-corrected chi connectivity index (χ3v) is 3.29. The molecule has 17 heavy (non-hydrogen) atoms. The summed E-state index contributed by atoms with van der Waals surface area (Å²) < 4.78 is 5.57. The lowest BCUT2D eigenvalue weighted by Crippen LogP contribution is -2.20. The Morgan fingerprint density at radius 2 is 2.00 bits per heavy atom. The Hall–Kier alpha value is -1.52. The van der Waals surface area contributed by atoms with E-state index in [-0.39, 0.29) is 0 Å². The third kappa shape index (κ3) is 3.76. The zero-order valence-corrected chi connectivity index (χ0v) is 10.4. The highest BCUT2D eigenvalue weighted by Gasteiger charge is 1.99. The zero-order chi connectivity index (χ0) is 11.9. The Bertz CT molecular complexity index is 442. The second-order valence-corrected chi connectivity index (χ2v) is 4.64. The second kappa shape index (κ2) is 6.27. The summed E-state index contributed by atoms with van der Waals surface area (Å²) in [6, 6.07) is 11.8. The molecule has 0 aliphatic carbocycles. The van der Waals surface area contributed by atoms with Crippen molar-refractivity contribution < 1.29 is 4.74 Å². The van der Waals surface area contributed by atoms with Crippen LogP contribution in [0.15, 0.2) is 41.8 Å². The summed E-state index contributed by atoms with van der Waals surface area (Å²) in [5.74, 6) is 0.907. The molecule has 0 aliphatic heterocycles. The molecular formula is C13H16N2OS. The molecule has 90 valence electrons. The molecule has 1 aromatic heterocycles. The maximum atomic E-state index is 5.79. The molecular weight excluding hydrogens is 232 g/mol. The molecule has 3 N–H and O–H groups in total. The first-order valence-corrected chi connectivity index (χ1v) is 6.44. The van der Waals surface area contributed by atoms with Gasteiger partial charge in [-0.3, -0.25) is 0 Å². The molecule has 0 saturated heterocycles. The molecule has 0 fully saturated rings. The fourth-order valence-corrected chi connectivity index (χ4v) is 2.22. The highest BCUT2D eigenvalue weighted by Crippen LogP contribution is 2.17. The molecule has 4 heteroatoms. The van der Waals surface area contributed by atoms with Crippen LogP contribution in [0.2, 0.25) is 0 Å². The number of nitrogens with two attached hydrogens (primary N) is 1. The van der Waals surface area contributed by atoms with Crippen molar-refractivity contribution in [2.45, 2.75) is 6.54 Å². The van der Waals surface area contributed by atoms with Crippen LogP contribution in [0.25, 0.3) is 0 Å². The van der Waals surface area contributed by atoms with E-state index in [0.29, 0.717) is 6.61 Å². The summed E-state index contributed by atoms with van der Waals surface area (Å²) in [6.07, 6.45) is 0. The summed E-state index contributed by atoms with van der Waals surface area (Å²) in [5, 5.41) is 5.31. The smallest absolute Gasteiger partial charge is 0.119 e. The Kier molecular flexibility index (Phi) is 4.41. The molecule has 0 spiro atoms. The van der Waals surface area contributed by atoms with Gasteiger partial charge >= 0.3 is 0 Å². The van der Waals surface area contributed by atoms with Gasteiger partial charge in [-0.2, -0.15) is 0 Å². The molecule has 0 unspecified atom stereocenters. The van der Waals surface area contributed by atoms with Gasteiger partial charge in [0, 0.05) is 23.7 Å². The summed E-state index contributed by atoms with van der Waals surface area (Å²) in [7, 11) is 0. The Morgan fingerprint density at radius 3 is 2.71 bits per heavy atom. The molecule has 0 amide bonds. The van der Waals surface area contributed by atoms with Gasteiger partial charge in [0.2, 0.25) is 0 Å². The zero-order valence-electron chi connectivity index (χ0n) is 9.56. The highest BCUT2D eigenvalue weighted by atomic mass is 32.1. The summed E-state index contributed by atoms with van der Waals surface area (Å²) >= 11 is 1.68. The Labute approximate surface area is 105 Å². The maximum absolute atomic E-state index is 5.79. The van der Waals surface area contributed by atoms with E-state index >= 15 is 0 Å². The van der Waals surface area contributed by atoms with E-state index < -0.39 is 0 Å². The van der Waals surface area contributed by atoms with Gasteiger partial charge in [0.05, 0.1) is 0 Å². The standard InChI is InChI=1S/C13H16N2OS/c14-12-6-9-17-13(12)10-15-7-8-16-11-4-2-1-3-5-11/h1-6,9,15H,7-8,10,14H2. The number of thiophene rings is 1. The van der Waals surface area contributed by atoms with Gasteiger partial charge in [0.1, 0.15) is 12.4 Å². The number of nitrogen functional groups attached to an aromatic ring is 1. The lowest BCUT2D eigenvalue weighted by molar-refractivity contribution is 0.314. The van der Waals surface area contributed by atoms with Crippen LogP contribution in [0, 0.1) is 0 Å². The van der Waals surface area contributed by atoms with Crippen LogP contribution >= 0.6 is 11.3 Å². The van der Waals surface area contributed by atoms with Crippen LogP contribution in [-0.2, 0) is 6.54 Å². The number of ether oxygens (including phenoxy) is 1. The van der Waals surface area contributed by atoms with Crippen LogP contribution in [-0.4, -0.2) is 13.2 Å². The normalized spacial score (nSPS) is 10.4. The molecule has 1 aromatic carbocycles. The largest absolute Gasteiger partial charge is 0.492 e. The molecule has 2 rings (SSSR count). The topological polar surface area (TPSA) is 47.3 Å². The minimum atomic E-state index is 0.662. The van der Waals surface area contributed by atoms with E-state index in [4.69, 9.17) is 10.5 Å². The Balaban J connectivity index is 1.63. The molecule has 0 atom stereocenters. The van der Waals surface area contributed by atoms with E-state index in [0.717, 1.165) is 24.5 Å². The maximum Gasteiger partial charge on any atom is 0.119 e. The van der Waals surface area contributed by atoms with E-state index in [1.807, 2.05) is 41.8 Å². The minimum absolute atomic E-state index is 0.662. The first-order valence-electron chi connectivity index (χ1n) is 5.56. The number of para-hydroxylation sites is 1. The number of hydrogen-bond acceptors (Lipinski definition) is 4. The van der Waals surface area contributed by atoms with Crippen LogP contribution in [0.3, 0.4) is 0 Å². The highest BCUT2D eigenvalue weighted by molar-refractivity contribution is 7.10. The van der Waals surface area contributed by atoms with Crippen molar-refractivity contribution in [2.75, 3.05) is 18.9 Å². The number of rotatable bonds is 6. The fraction of sp³-hybridized carbons (Fsp3) is 0.231. The van der Waals surface area contributed by atoms with Gasteiger partial charge < -0.3 is 15.8 Å². The molecule has 0 aliphatic rings. The first kappa shape index (κ1) is 12.0. The molecule has 0 bridgehead atoms. The van der Waals surface area contributed by atoms with Crippen molar-refractivity contribution in [3.8, 4) is 5.75 Å². The van der Waals surface area contributed by atoms with Crippen molar-refractivity contribution in [1.29, 1.82) is 0 Å². The summed E-state index contributed by atoms with van der Waals surface area (Å²) in [6.45, 7) is 2.28. The van der Waals surface area contributed by atoms with Crippen LogP contribution < -0.4 is 15.8 Å². The number of hydrogen-bond donors (Lipinski definition) is 2. The second-order valence-electron chi connectivity index (χ2n) is 3.64. The van der Waals surface area contributed by atoms with Gasteiger partial charge in [-0.1, -0.05) is 18.2 Å².